The lowest BCUT2D eigenvalue weighted by atomic mass is 10.0. The fourth-order valence-electron chi connectivity index (χ4n) is 4.21. The Labute approximate surface area is 188 Å². The fourth-order valence-corrected chi connectivity index (χ4v) is 8.17. The van der Waals surface area contributed by atoms with Gasteiger partial charge in [0.1, 0.15) is 11.4 Å². The minimum Gasteiger partial charge on any atom is -0.472 e. The highest BCUT2D eigenvalue weighted by atomic mass is 35.5. The van der Waals surface area contributed by atoms with E-state index in [-0.39, 0.29) is 18.2 Å². The van der Waals surface area contributed by atoms with Crippen molar-refractivity contribution >= 4 is 38.6 Å². The van der Waals surface area contributed by atoms with Gasteiger partial charge in [-0.25, -0.2) is 8.42 Å². The van der Waals surface area contributed by atoms with E-state index in [9.17, 15) is 8.42 Å². The molecule has 0 bridgehead atoms. The number of sulfone groups is 1. The fraction of sp³-hybridized carbons (Fsp3) is 0.333. The molecule has 2 atom stereocenters. The minimum atomic E-state index is -3.59. The Morgan fingerprint density at radius 3 is 2.77 bits per heavy atom. The van der Waals surface area contributed by atoms with Gasteiger partial charge in [-0.3, -0.25) is 9.98 Å². The van der Waals surface area contributed by atoms with Gasteiger partial charge < -0.3 is 14.9 Å². The van der Waals surface area contributed by atoms with Gasteiger partial charge in [-0.05, 0) is 43.2 Å². The molecule has 31 heavy (non-hydrogen) atoms. The number of hydrogen-bond acceptors (Lipinski definition) is 8. The van der Waals surface area contributed by atoms with E-state index < -0.39 is 20.1 Å². The second-order valence-corrected chi connectivity index (χ2v) is 11.8. The Morgan fingerprint density at radius 1 is 1.26 bits per heavy atom. The molecule has 2 N–H and O–H groups in total. The molecule has 2 aliphatic heterocycles. The molecule has 0 amide bonds. The van der Waals surface area contributed by atoms with Gasteiger partial charge in [0, 0.05) is 23.2 Å². The number of halogens is 1. The third-order valence-electron chi connectivity index (χ3n) is 5.92. The van der Waals surface area contributed by atoms with Crippen molar-refractivity contribution in [1.29, 1.82) is 0 Å². The first-order valence-corrected chi connectivity index (χ1v) is 12.5. The molecule has 3 aromatic heterocycles. The number of thiophene rings is 1. The lowest BCUT2D eigenvalue weighted by Gasteiger charge is -2.38. The second-order valence-electron chi connectivity index (χ2n) is 8.06. The first-order chi connectivity index (χ1) is 14.7. The van der Waals surface area contributed by atoms with Crippen molar-refractivity contribution in [3.05, 3.63) is 52.9 Å². The molecule has 1 saturated heterocycles. The van der Waals surface area contributed by atoms with Crippen LogP contribution in [0.4, 0.5) is 0 Å². The van der Waals surface area contributed by atoms with Crippen molar-refractivity contribution in [1.82, 2.24) is 4.98 Å². The Morgan fingerprint density at radius 2 is 2.10 bits per heavy atom. The van der Waals surface area contributed by atoms with Crippen molar-refractivity contribution in [2.24, 2.45) is 10.7 Å². The van der Waals surface area contributed by atoms with E-state index in [2.05, 4.69) is 9.98 Å². The largest absolute Gasteiger partial charge is 0.472 e. The van der Waals surface area contributed by atoms with E-state index in [1.165, 1.54) is 11.3 Å². The molecule has 5 heterocycles. The minimum absolute atomic E-state index is 0.0535. The number of rotatable bonds is 3. The predicted molar refractivity (Wildman–Crippen MR) is 121 cm³/mol. The maximum atomic E-state index is 13.3. The van der Waals surface area contributed by atoms with Gasteiger partial charge in [0.05, 0.1) is 40.5 Å². The molecule has 0 aromatic carbocycles. The summed E-state index contributed by atoms with van der Waals surface area (Å²) >= 11 is 8.02. The molecular formula is C21H20ClN3O4S2. The summed E-state index contributed by atoms with van der Waals surface area (Å²) in [6.07, 6.45) is 5.28. The van der Waals surface area contributed by atoms with Crippen LogP contribution in [0.1, 0.15) is 18.2 Å². The van der Waals surface area contributed by atoms with Crippen LogP contribution < -0.4 is 5.73 Å². The summed E-state index contributed by atoms with van der Waals surface area (Å²) in [6, 6.07) is 7.51. The van der Waals surface area contributed by atoms with Gasteiger partial charge in [-0.2, -0.15) is 0 Å². The van der Waals surface area contributed by atoms with Crippen LogP contribution in [0.15, 0.2) is 52.4 Å². The third kappa shape index (κ3) is 3.22. The van der Waals surface area contributed by atoms with E-state index >= 15 is 0 Å². The molecule has 0 unspecified atom stereocenters. The summed E-state index contributed by atoms with van der Waals surface area (Å²) in [7, 11) is -3.59. The molecule has 3 aromatic rings. The molecule has 0 saturated carbocycles. The van der Waals surface area contributed by atoms with Gasteiger partial charge in [-0.1, -0.05) is 11.6 Å². The molecule has 5 rings (SSSR count). The molecular weight excluding hydrogens is 458 g/mol. The lowest BCUT2D eigenvalue weighted by Crippen LogP contribution is -2.58. The van der Waals surface area contributed by atoms with Gasteiger partial charge in [0.15, 0.2) is 14.6 Å². The van der Waals surface area contributed by atoms with Crippen molar-refractivity contribution < 1.29 is 17.6 Å². The molecule has 1 spiro atoms. The van der Waals surface area contributed by atoms with Crippen LogP contribution in [0, 0.1) is 0 Å². The Balaban J connectivity index is 1.56. The smallest absolute Gasteiger partial charge is 0.168 e. The predicted octanol–water partition coefficient (Wildman–Crippen LogP) is 3.88. The number of aliphatic imine (C=N–C) groups is 1. The van der Waals surface area contributed by atoms with E-state index in [0.29, 0.717) is 22.9 Å². The normalized spacial score (nSPS) is 27.5. The van der Waals surface area contributed by atoms with E-state index in [0.717, 1.165) is 21.7 Å². The van der Waals surface area contributed by atoms with E-state index in [1.807, 2.05) is 24.3 Å². The number of ether oxygens (including phenoxy) is 1. The second kappa shape index (κ2) is 7.16. The number of furan rings is 1. The van der Waals surface area contributed by atoms with Gasteiger partial charge >= 0.3 is 0 Å². The number of nitrogens with zero attached hydrogens (tertiary/aromatic N) is 2. The number of hydrogen-bond donors (Lipinski definition) is 1. The Bertz CT molecular complexity index is 1280. The zero-order valence-electron chi connectivity index (χ0n) is 16.7. The summed E-state index contributed by atoms with van der Waals surface area (Å²) in [5.41, 5.74) is 7.75. The number of nitrogens with two attached hydrogens (primary N) is 1. The molecule has 1 fully saturated rings. The third-order valence-corrected chi connectivity index (χ3v) is 10.4. The average molecular weight is 478 g/mol. The van der Waals surface area contributed by atoms with Crippen LogP contribution in [-0.2, 0) is 20.1 Å². The maximum Gasteiger partial charge on any atom is 0.168 e. The number of aromatic nitrogens is 1. The zero-order chi connectivity index (χ0) is 21.9. The van der Waals surface area contributed by atoms with Crippen LogP contribution in [0.5, 0.6) is 0 Å². The quantitative estimate of drug-likeness (QED) is 0.613. The highest BCUT2D eigenvalue weighted by molar-refractivity contribution is 7.93. The van der Waals surface area contributed by atoms with Gasteiger partial charge in [-0.15, -0.1) is 11.3 Å². The van der Waals surface area contributed by atoms with Gasteiger partial charge in [0.25, 0.3) is 0 Å². The van der Waals surface area contributed by atoms with Crippen molar-refractivity contribution in [3.8, 4) is 21.7 Å². The summed E-state index contributed by atoms with van der Waals surface area (Å²) in [5, 5.41) is 0.467. The van der Waals surface area contributed by atoms with E-state index in [4.69, 9.17) is 26.5 Å². The lowest BCUT2D eigenvalue weighted by molar-refractivity contribution is 0.194. The van der Waals surface area contributed by atoms with Crippen LogP contribution >= 0.6 is 22.9 Å². The summed E-state index contributed by atoms with van der Waals surface area (Å²) in [4.78, 5) is 10.6. The van der Waals surface area contributed by atoms with Crippen LogP contribution in [0.25, 0.3) is 21.7 Å². The van der Waals surface area contributed by atoms with E-state index in [1.54, 1.807) is 25.6 Å². The highest BCUT2D eigenvalue weighted by Crippen LogP contribution is 2.47. The van der Waals surface area contributed by atoms with Crippen molar-refractivity contribution in [3.63, 3.8) is 0 Å². The number of pyridine rings is 1. The number of amidine groups is 1. The van der Waals surface area contributed by atoms with Crippen LogP contribution in [0.3, 0.4) is 0 Å². The Hall–Kier alpha value is -2.20. The molecule has 162 valence electrons. The summed E-state index contributed by atoms with van der Waals surface area (Å²) < 4.78 is 35.8. The van der Waals surface area contributed by atoms with Gasteiger partial charge in [0.2, 0.25) is 0 Å². The Kier molecular flexibility index (Phi) is 4.78. The molecule has 10 heteroatoms. The first-order valence-electron chi connectivity index (χ1n) is 9.69. The first kappa shape index (κ1) is 20.7. The van der Waals surface area contributed by atoms with Crippen molar-refractivity contribution in [2.75, 3.05) is 19.0 Å². The molecule has 2 aliphatic rings. The van der Waals surface area contributed by atoms with Crippen LogP contribution in [0.2, 0.25) is 5.02 Å². The molecule has 0 radical (unpaired) electrons. The van der Waals surface area contributed by atoms with Crippen molar-refractivity contribution in [2.45, 2.75) is 23.6 Å². The topological polar surface area (TPSA) is 108 Å². The molecule has 0 aliphatic carbocycles. The molecule has 7 nitrogen and oxygen atoms in total. The summed E-state index contributed by atoms with van der Waals surface area (Å²) in [6.45, 7) is 2.18. The maximum absolute atomic E-state index is 13.3. The zero-order valence-corrected chi connectivity index (χ0v) is 19.1. The monoisotopic (exact) mass is 477 g/mol. The summed E-state index contributed by atoms with van der Waals surface area (Å²) in [5.74, 6) is -0.0590. The standard InChI is InChI=1S/C21H20ClN3O4S2/c1-20(12-31(26,27)21(19(23)25-20)4-7-29-11-21)18-15(22)9-17(30-18)13-2-5-24-16(8-13)14-3-6-28-10-14/h2-3,5-6,8-10H,4,7,11-12H2,1H3,(H2,23,25)/t20-,21+/m0/s1. The average Bonchev–Trinajstić information content (AvgIpc) is 3.47. The van der Waals surface area contributed by atoms with Crippen LogP contribution in [-0.4, -0.2) is 43.0 Å². The highest BCUT2D eigenvalue weighted by Gasteiger charge is 2.57. The SMILES string of the molecule is C[C@@]1(c2sc(-c3ccnc(-c4ccoc4)c3)cc2Cl)CS(=O)(=O)[C@@]2(CCOC2)C(N)=N1.